The Bertz CT molecular complexity index is 1330. The van der Waals surface area contributed by atoms with Crippen LogP contribution < -0.4 is 0 Å². The molecule has 0 unspecified atom stereocenters. The number of carbonyl (C=O) groups is 2. The van der Waals surface area contributed by atoms with Crippen LogP contribution in [0.5, 0.6) is 0 Å². The Morgan fingerprint density at radius 2 is 1.88 bits per heavy atom. The van der Waals surface area contributed by atoms with Crippen molar-refractivity contribution in [3.05, 3.63) is 113 Å². The van der Waals surface area contributed by atoms with E-state index in [9.17, 15) is 19.1 Å². The Kier molecular flexibility index (Phi) is 4.78. The Morgan fingerprint density at radius 1 is 1.09 bits per heavy atom. The van der Waals surface area contributed by atoms with Gasteiger partial charge in [0.05, 0.1) is 11.6 Å². The van der Waals surface area contributed by atoms with Gasteiger partial charge in [0, 0.05) is 24.3 Å². The van der Waals surface area contributed by atoms with Gasteiger partial charge in [0.25, 0.3) is 5.91 Å². The number of aromatic nitrogens is 1. The smallest absolute Gasteiger partial charge is 0.290 e. The van der Waals surface area contributed by atoms with E-state index in [1.807, 2.05) is 6.07 Å². The molecule has 1 atom stereocenters. The zero-order valence-electron chi connectivity index (χ0n) is 16.7. The van der Waals surface area contributed by atoms with E-state index in [-0.39, 0.29) is 17.9 Å². The first-order chi connectivity index (χ1) is 15.5. The number of furan rings is 1. The lowest BCUT2D eigenvalue weighted by Crippen LogP contribution is -2.30. The molecule has 1 aliphatic heterocycles. The van der Waals surface area contributed by atoms with Crippen molar-refractivity contribution in [1.29, 1.82) is 0 Å². The monoisotopic (exact) mass is 428 g/mol. The molecule has 1 aliphatic rings. The van der Waals surface area contributed by atoms with Crippen molar-refractivity contribution in [3.8, 4) is 0 Å². The second-order valence-electron chi connectivity index (χ2n) is 7.49. The van der Waals surface area contributed by atoms with Crippen molar-refractivity contribution in [3.63, 3.8) is 0 Å². The normalized spacial score (nSPS) is 16.2. The molecule has 0 saturated heterocycles. The number of aliphatic hydroxyl groups is 1. The predicted octanol–water partition coefficient (Wildman–Crippen LogP) is 4.75. The number of rotatable bonds is 5. The van der Waals surface area contributed by atoms with E-state index in [2.05, 4.69) is 4.98 Å². The molecule has 0 fully saturated rings. The van der Waals surface area contributed by atoms with Crippen molar-refractivity contribution in [2.45, 2.75) is 12.6 Å². The maximum absolute atomic E-state index is 13.6. The van der Waals surface area contributed by atoms with E-state index < -0.39 is 29.3 Å². The minimum absolute atomic E-state index is 0.0101. The number of benzene rings is 2. The number of aliphatic hydroxyl groups excluding tert-OH is 1. The largest absolute Gasteiger partial charge is 0.503 e. The number of hydrogen-bond donors (Lipinski definition) is 1. The lowest BCUT2D eigenvalue weighted by molar-refractivity contribution is -0.130. The van der Waals surface area contributed by atoms with Gasteiger partial charge in [-0.25, -0.2) is 4.39 Å². The van der Waals surface area contributed by atoms with Crippen LogP contribution >= 0.6 is 0 Å². The number of Topliss-reactive ketones (excluding diaryl/α,β-unsaturated/α-hetero) is 1. The van der Waals surface area contributed by atoms with E-state index in [0.29, 0.717) is 11.1 Å². The number of fused-ring (bicyclic) bond motifs is 1. The molecular weight excluding hydrogens is 411 g/mol. The summed E-state index contributed by atoms with van der Waals surface area (Å²) >= 11 is 0. The molecule has 2 aromatic carbocycles. The molecule has 0 radical (unpaired) electrons. The topological polar surface area (TPSA) is 83.6 Å². The molecule has 4 aromatic rings. The molecule has 5 rings (SSSR count). The van der Waals surface area contributed by atoms with Crippen LogP contribution in [-0.2, 0) is 11.3 Å². The molecule has 158 valence electrons. The molecule has 1 amide bonds. The van der Waals surface area contributed by atoms with E-state index in [1.54, 1.807) is 48.8 Å². The van der Waals surface area contributed by atoms with Crippen molar-refractivity contribution < 1.29 is 23.5 Å². The molecule has 6 nitrogen and oxygen atoms in total. The SMILES string of the molecule is O=C(C1=C(O)C(=O)N(Cc2cccnc2)[C@H]1c1ccc(F)cc1)c1cc2ccccc2o1. The van der Waals surface area contributed by atoms with E-state index in [4.69, 9.17) is 4.42 Å². The summed E-state index contributed by atoms with van der Waals surface area (Å²) in [6.07, 6.45) is 3.21. The molecule has 0 aliphatic carbocycles. The molecule has 0 saturated carbocycles. The van der Waals surface area contributed by atoms with Gasteiger partial charge < -0.3 is 14.4 Å². The highest BCUT2D eigenvalue weighted by molar-refractivity contribution is 6.16. The molecular formula is C25H17FN2O4. The summed E-state index contributed by atoms with van der Waals surface area (Å²) < 4.78 is 19.3. The summed E-state index contributed by atoms with van der Waals surface area (Å²) in [4.78, 5) is 31.9. The number of carbonyl (C=O) groups excluding carboxylic acids is 2. The summed E-state index contributed by atoms with van der Waals surface area (Å²) in [5.41, 5.74) is 1.63. The number of nitrogens with zero attached hydrogens (tertiary/aromatic N) is 2. The van der Waals surface area contributed by atoms with Gasteiger partial charge in [-0.15, -0.1) is 0 Å². The van der Waals surface area contributed by atoms with Crippen LogP contribution in [0.1, 0.15) is 27.7 Å². The number of hydrogen-bond acceptors (Lipinski definition) is 5. The minimum atomic E-state index is -0.913. The number of ketones is 1. The summed E-state index contributed by atoms with van der Waals surface area (Å²) in [5, 5.41) is 11.5. The third kappa shape index (κ3) is 3.33. The van der Waals surface area contributed by atoms with Crippen molar-refractivity contribution in [2.24, 2.45) is 0 Å². The molecule has 2 aromatic heterocycles. The van der Waals surface area contributed by atoms with E-state index in [0.717, 1.165) is 10.9 Å². The number of para-hydroxylation sites is 1. The second-order valence-corrected chi connectivity index (χ2v) is 7.49. The van der Waals surface area contributed by atoms with Crippen LogP contribution in [0.25, 0.3) is 11.0 Å². The minimum Gasteiger partial charge on any atom is -0.503 e. The van der Waals surface area contributed by atoms with Crippen LogP contribution in [0.4, 0.5) is 4.39 Å². The Balaban J connectivity index is 1.60. The van der Waals surface area contributed by atoms with Crippen LogP contribution in [0.3, 0.4) is 0 Å². The average Bonchev–Trinajstić information content (AvgIpc) is 3.35. The van der Waals surface area contributed by atoms with Gasteiger partial charge in [-0.05, 0) is 41.5 Å². The average molecular weight is 428 g/mol. The Labute approximate surface area is 182 Å². The van der Waals surface area contributed by atoms with E-state index >= 15 is 0 Å². The fraction of sp³-hybridized carbons (Fsp3) is 0.0800. The molecule has 0 spiro atoms. The maximum atomic E-state index is 13.6. The highest BCUT2D eigenvalue weighted by atomic mass is 19.1. The first kappa shape index (κ1) is 19.7. The Morgan fingerprint density at radius 3 is 2.59 bits per heavy atom. The zero-order valence-corrected chi connectivity index (χ0v) is 16.7. The van der Waals surface area contributed by atoms with Gasteiger partial charge in [-0.2, -0.15) is 0 Å². The van der Waals surface area contributed by atoms with Crippen LogP contribution in [0.15, 0.2) is 94.9 Å². The zero-order chi connectivity index (χ0) is 22.2. The first-order valence-electron chi connectivity index (χ1n) is 9.94. The standard InChI is InChI=1S/C25H17FN2O4/c26-18-9-7-16(8-10-18)22-21(23(29)20-12-17-5-1-2-6-19(17)32-20)24(30)25(31)28(22)14-15-4-3-11-27-13-15/h1-13,22,30H,14H2/t22-/m0/s1. The van der Waals surface area contributed by atoms with Crippen LogP contribution in [0.2, 0.25) is 0 Å². The quantitative estimate of drug-likeness (QED) is 0.464. The first-order valence-corrected chi connectivity index (χ1v) is 9.94. The van der Waals surface area contributed by atoms with Gasteiger partial charge >= 0.3 is 0 Å². The van der Waals surface area contributed by atoms with Crippen molar-refractivity contribution >= 4 is 22.7 Å². The number of amides is 1. The highest BCUT2D eigenvalue weighted by Gasteiger charge is 2.44. The molecule has 3 heterocycles. The number of halogens is 1. The van der Waals surface area contributed by atoms with Crippen molar-refractivity contribution in [2.75, 3.05) is 0 Å². The third-order valence-corrected chi connectivity index (χ3v) is 5.46. The molecule has 32 heavy (non-hydrogen) atoms. The number of pyridine rings is 1. The fourth-order valence-electron chi connectivity index (χ4n) is 3.96. The second kappa shape index (κ2) is 7.77. The van der Waals surface area contributed by atoms with Crippen LogP contribution in [-0.4, -0.2) is 26.7 Å². The predicted molar refractivity (Wildman–Crippen MR) is 114 cm³/mol. The summed E-state index contributed by atoms with van der Waals surface area (Å²) in [7, 11) is 0. The van der Waals surface area contributed by atoms with Gasteiger partial charge in [0.1, 0.15) is 11.4 Å². The maximum Gasteiger partial charge on any atom is 0.290 e. The van der Waals surface area contributed by atoms with Crippen LogP contribution in [0, 0.1) is 5.82 Å². The highest BCUT2D eigenvalue weighted by Crippen LogP contribution is 2.40. The summed E-state index contributed by atoms with van der Waals surface area (Å²) in [5.74, 6) is -2.38. The summed E-state index contributed by atoms with van der Waals surface area (Å²) in [6.45, 7) is 0.107. The Hall–Kier alpha value is -4.26. The van der Waals surface area contributed by atoms with Gasteiger partial charge in [-0.3, -0.25) is 14.6 Å². The lowest BCUT2D eigenvalue weighted by Gasteiger charge is -2.26. The fourth-order valence-corrected chi connectivity index (χ4v) is 3.96. The lowest BCUT2D eigenvalue weighted by atomic mass is 9.95. The molecule has 0 bridgehead atoms. The van der Waals surface area contributed by atoms with Gasteiger partial charge in [0.2, 0.25) is 5.78 Å². The molecule has 7 heteroatoms. The van der Waals surface area contributed by atoms with Crippen molar-refractivity contribution in [1.82, 2.24) is 9.88 Å². The van der Waals surface area contributed by atoms with Gasteiger partial charge in [0.15, 0.2) is 11.5 Å². The molecule has 1 N–H and O–H groups in total. The van der Waals surface area contributed by atoms with E-state index in [1.165, 1.54) is 29.2 Å². The third-order valence-electron chi connectivity index (χ3n) is 5.46. The summed E-state index contributed by atoms with van der Waals surface area (Å²) in [6, 6.07) is 16.8. The van der Waals surface area contributed by atoms with Gasteiger partial charge in [-0.1, -0.05) is 36.4 Å².